The zero-order valence-electron chi connectivity index (χ0n) is 9.31. The van der Waals surface area contributed by atoms with Crippen LogP contribution < -0.4 is 5.73 Å². The molecule has 0 aliphatic carbocycles. The molecule has 0 radical (unpaired) electrons. The normalized spacial score (nSPS) is 10.2. The molecule has 2 aromatic rings. The summed E-state index contributed by atoms with van der Waals surface area (Å²) in [7, 11) is 0. The van der Waals surface area contributed by atoms with Gasteiger partial charge in [-0.1, -0.05) is 6.07 Å². The minimum Gasteiger partial charge on any atom is -0.382 e. The Labute approximate surface area is 98.1 Å². The molecule has 1 aromatic carbocycles. The van der Waals surface area contributed by atoms with Crippen molar-refractivity contribution in [1.29, 1.82) is 5.26 Å². The average molecular weight is 230 g/mol. The first-order valence-corrected chi connectivity index (χ1v) is 5.08. The number of rotatable bonds is 2. The molecular formula is C12H11FN4. The number of anilines is 1. The number of nitrogen functional groups attached to an aromatic ring is 1. The summed E-state index contributed by atoms with van der Waals surface area (Å²) in [6, 6.07) is 8.01. The molecule has 1 aromatic heterocycles. The third-order valence-corrected chi connectivity index (χ3v) is 2.50. The highest BCUT2D eigenvalue weighted by molar-refractivity contribution is 5.34. The maximum atomic E-state index is 13.6. The first kappa shape index (κ1) is 11.1. The van der Waals surface area contributed by atoms with Crippen LogP contribution in [0.4, 0.5) is 10.2 Å². The van der Waals surface area contributed by atoms with E-state index in [1.807, 2.05) is 13.0 Å². The highest BCUT2D eigenvalue weighted by Gasteiger charge is 2.07. The smallest absolute Gasteiger partial charge is 0.145 e. The van der Waals surface area contributed by atoms with E-state index >= 15 is 0 Å². The van der Waals surface area contributed by atoms with E-state index in [2.05, 4.69) is 5.10 Å². The van der Waals surface area contributed by atoms with Crippen molar-refractivity contribution in [2.45, 2.75) is 13.5 Å². The molecule has 0 saturated carbocycles. The van der Waals surface area contributed by atoms with Gasteiger partial charge in [-0.2, -0.15) is 10.4 Å². The van der Waals surface area contributed by atoms with Crippen LogP contribution >= 0.6 is 0 Å². The zero-order valence-corrected chi connectivity index (χ0v) is 9.31. The van der Waals surface area contributed by atoms with E-state index in [1.165, 1.54) is 6.07 Å². The second-order valence-electron chi connectivity index (χ2n) is 3.79. The Bertz CT molecular complexity index is 595. The van der Waals surface area contributed by atoms with Gasteiger partial charge in [0.25, 0.3) is 0 Å². The lowest BCUT2D eigenvalue weighted by molar-refractivity contribution is 0.580. The Hall–Kier alpha value is -2.35. The molecule has 0 spiro atoms. The van der Waals surface area contributed by atoms with Gasteiger partial charge in [-0.15, -0.1) is 0 Å². The van der Waals surface area contributed by atoms with Gasteiger partial charge in [0, 0.05) is 17.3 Å². The summed E-state index contributed by atoms with van der Waals surface area (Å²) in [5.74, 6) is 0.00840. The second kappa shape index (κ2) is 4.26. The second-order valence-corrected chi connectivity index (χ2v) is 3.79. The van der Waals surface area contributed by atoms with E-state index in [9.17, 15) is 4.39 Å². The topological polar surface area (TPSA) is 67.6 Å². The SMILES string of the molecule is Cc1cc(N)nn1Cc1ccc(C#N)cc1F. The standard InChI is InChI=1S/C12H11FN4/c1-8-4-12(15)16-17(8)7-10-3-2-9(6-14)5-11(10)13/h2-5H,7H2,1H3,(H2,15,16). The van der Waals surface area contributed by atoms with Gasteiger partial charge in [0.05, 0.1) is 18.2 Å². The summed E-state index contributed by atoms with van der Waals surface area (Å²) in [5.41, 5.74) is 7.20. The fraction of sp³-hybridized carbons (Fsp3) is 0.167. The number of hydrogen-bond donors (Lipinski definition) is 1. The minimum absolute atomic E-state index is 0.306. The zero-order chi connectivity index (χ0) is 12.4. The fourth-order valence-electron chi connectivity index (χ4n) is 1.60. The molecule has 17 heavy (non-hydrogen) atoms. The van der Waals surface area contributed by atoms with Crippen molar-refractivity contribution in [2.24, 2.45) is 0 Å². The van der Waals surface area contributed by atoms with Crippen LogP contribution in [-0.2, 0) is 6.54 Å². The number of nitrogens with zero attached hydrogens (tertiary/aromatic N) is 3. The first-order valence-electron chi connectivity index (χ1n) is 5.08. The molecule has 86 valence electrons. The van der Waals surface area contributed by atoms with Gasteiger partial charge >= 0.3 is 0 Å². The minimum atomic E-state index is -0.405. The Morgan fingerprint density at radius 2 is 2.24 bits per heavy atom. The van der Waals surface area contributed by atoms with Crippen molar-refractivity contribution in [3.05, 3.63) is 46.9 Å². The summed E-state index contributed by atoms with van der Waals surface area (Å²) >= 11 is 0. The Kier molecular flexibility index (Phi) is 2.79. The van der Waals surface area contributed by atoms with E-state index in [0.29, 0.717) is 23.5 Å². The van der Waals surface area contributed by atoms with E-state index < -0.39 is 5.82 Å². The molecule has 0 unspecified atom stereocenters. The van der Waals surface area contributed by atoms with Crippen LogP contribution in [0.2, 0.25) is 0 Å². The van der Waals surface area contributed by atoms with Crippen LogP contribution in [0, 0.1) is 24.1 Å². The Morgan fingerprint density at radius 1 is 1.47 bits per heavy atom. The van der Waals surface area contributed by atoms with Gasteiger partial charge in [-0.05, 0) is 19.1 Å². The van der Waals surface area contributed by atoms with E-state index in [0.717, 1.165) is 5.69 Å². The summed E-state index contributed by atoms with van der Waals surface area (Å²) in [6.07, 6.45) is 0. The molecule has 2 rings (SSSR count). The lowest BCUT2D eigenvalue weighted by Gasteiger charge is -2.05. The van der Waals surface area contributed by atoms with Crippen molar-refractivity contribution in [1.82, 2.24) is 9.78 Å². The van der Waals surface area contributed by atoms with Crippen molar-refractivity contribution in [2.75, 3.05) is 5.73 Å². The molecule has 0 aliphatic heterocycles. The third-order valence-electron chi connectivity index (χ3n) is 2.50. The highest BCUT2D eigenvalue weighted by Crippen LogP contribution is 2.13. The molecule has 1 heterocycles. The molecule has 0 fully saturated rings. The molecule has 4 nitrogen and oxygen atoms in total. The summed E-state index contributed by atoms with van der Waals surface area (Å²) < 4.78 is 15.3. The molecule has 0 atom stereocenters. The number of aryl methyl sites for hydroxylation is 1. The van der Waals surface area contributed by atoms with Crippen LogP contribution in [0.5, 0.6) is 0 Å². The molecule has 0 bridgehead atoms. The Balaban J connectivity index is 2.31. The van der Waals surface area contributed by atoms with Crippen molar-refractivity contribution < 1.29 is 4.39 Å². The largest absolute Gasteiger partial charge is 0.382 e. The van der Waals surface area contributed by atoms with Gasteiger partial charge in [0.1, 0.15) is 11.6 Å². The lowest BCUT2D eigenvalue weighted by atomic mass is 10.1. The van der Waals surface area contributed by atoms with Gasteiger partial charge < -0.3 is 5.73 Å². The van der Waals surface area contributed by atoms with E-state index in [1.54, 1.807) is 22.9 Å². The maximum absolute atomic E-state index is 13.6. The van der Waals surface area contributed by atoms with Crippen molar-refractivity contribution in [3.63, 3.8) is 0 Å². The van der Waals surface area contributed by atoms with Crippen LogP contribution in [0.15, 0.2) is 24.3 Å². The predicted octanol–water partition coefficient (Wildman–Crippen LogP) is 1.83. The number of nitriles is 1. The maximum Gasteiger partial charge on any atom is 0.145 e. The average Bonchev–Trinajstić information content (AvgIpc) is 2.60. The summed E-state index contributed by atoms with van der Waals surface area (Å²) in [4.78, 5) is 0. The van der Waals surface area contributed by atoms with Crippen molar-refractivity contribution >= 4 is 5.82 Å². The number of nitrogens with two attached hydrogens (primary N) is 1. The van der Waals surface area contributed by atoms with Crippen LogP contribution in [0.1, 0.15) is 16.8 Å². The molecule has 2 N–H and O–H groups in total. The summed E-state index contributed by atoms with van der Waals surface area (Å²) in [5, 5.41) is 12.7. The van der Waals surface area contributed by atoms with Crippen molar-refractivity contribution in [3.8, 4) is 6.07 Å². The predicted molar refractivity (Wildman–Crippen MR) is 61.6 cm³/mol. The quantitative estimate of drug-likeness (QED) is 0.855. The number of benzene rings is 1. The number of hydrogen-bond acceptors (Lipinski definition) is 3. The molecule has 0 amide bonds. The number of halogens is 1. The monoisotopic (exact) mass is 230 g/mol. The number of aromatic nitrogens is 2. The van der Waals surface area contributed by atoms with Gasteiger partial charge in [-0.25, -0.2) is 4.39 Å². The highest BCUT2D eigenvalue weighted by atomic mass is 19.1. The van der Waals surface area contributed by atoms with Gasteiger partial charge in [0.15, 0.2) is 0 Å². The molecule has 5 heteroatoms. The van der Waals surface area contributed by atoms with Crippen LogP contribution in [0.25, 0.3) is 0 Å². The summed E-state index contributed by atoms with van der Waals surface area (Å²) in [6.45, 7) is 2.16. The molecule has 0 aliphatic rings. The fourth-order valence-corrected chi connectivity index (χ4v) is 1.60. The molecular weight excluding hydrogens is 219 g/mol. The van der Waals surface area contributed by atoms with E-state index in [-0.39, 0.29) is 0 Å². The van der Waals surface area contributed by atoms with Gasteiger partial charge in [-0.3, -0.25) is 4.68 Å². The Morgan fingerprint density at radius 3 is 2.76 bits per heavy atom. The van der Waals surface area contributed by atoms with E-state index in [4.69, 9.17) is 11.0 Å². The van der Waals surface area contributed by atoms with Crippen LogP contribution in [0.3, 0.4) is 0 Å². The first-order chi connectivity index (χ1) is 8.10. The van der Waals surface area contributed by atoms with Crippen LogP contribution in [-0.4, -0.2) is 9.78 Å². The molecule has 0 saturated heterocycles. The third kappa shape index (κ3) is 2.26. The lowest BCUT2D eigenvalue weighted by Crippen LogP contribution is -2.06. The van der Waals surface area contributed by atoms with Gasteiger partial charge in [0.2, 0.25) is 0 Å².